The first-order valence-electron chi connectivity index (χ1n) is 7.88. The molecule has 0 bridgehead atoms. The highest BCUT2D eigenvalue weighted by atomic mass is 16.5. The summed E-state index contributed by atoms with van der Waals surface area (Å²) in [4.78, 5) is 13.7. The highest BCUT2D eigenvalue weighted by Crippen LogP contribution is 2.25. The second-order valence-corrected chi connectivity index (χ2v) is 5.82. The lowest BCUT2D eigenvalue weighted by Crippen LogP contribution is -2.59. The topological polar surface area (TPSA) is 50.8 Å². The number of nitrogens with one attached hydrogen (secondary N) is 1. The van der Waals surface area contributed by atoms with Gasteiger partial charge in [0.05, 0.1) is 19.2 Å². The number of nitrogens with zero attached hydrogens (tertiary/aromatic N) is 1. The van der Waals surface area contributed by atoms with Crippen molar-refractivity contribution in [2.45, 2.75) is 39.9 Å². The predicted molar refractivity (Wildman–Crippen MR) is 86.4 cm³/mol. The van der Waals surface area contributed by atoms with E-state index >= 15 is 0 Å². The van der Waals surface area contributed by atoms with Crippen molar-refractivity contribution in [2.75, 3.05) is 26.2 Å². The average Bonchev–Trinajstić information content (AvgIpc) is 2.42. The summed E-state index contributed by atoms with van der Waals surface area (Å²) in [6, 6.07) is 6.06. The van der Waals surface area contributed by atoms with Crippen LogP contribution >= 0.6 is 0 Å². The number of amides is 2. The van der Waals surface area contributed by atoms with E-state index in [1.807, 2.05) is 45.9 Å². The van der Waals surface area contributed by atoms with Crippen LogP contribution in [0.2, 0.25) is 0 Å². The number of urea groups is 1. The van der Waals surface area contributed by atoms with Gasteiger partial charge in [-0.2, -0.15) is 0 Å². The third-order valence-electron chi connectivity index (χ3n) is 3.82. The van der Waals surface area contributed by atoms with E-state index in [-0.39, 0.29) is 18.2 Å². The maximum Gasteiger partial charge on any atom is 0.317 e. The fraction of sp³-hybridized carbons (Fsp3) is 0.588. The summed E-state index contributed by atoms with van der Waals surface area (Å²) in [5.74, 6) is 0.942. The minimum atomic E-state index is -0.0482. The Morgan fingerprint density at radius 3 is 2.59 bits per heavy atom. The molecule has 0 radical (unpaired) electrons. The molecule has 1 heterocycles. The molecular weight excluding hydrogens is 280 g/mol. The molecule has 0 spiro atoms. The second-order valence-electron chi connectivity index (χ2n) is 5.82. The smallest absolute Gasteiger partial charge is 0.317 e. The van der Waals surface area contributed by atoms with Gasteiger partial charge in [-0.15, -0.1) is 0 Å². The standard InChI is InChI=1S/C17H26N2O3/c1-5-21-14(4)9-18-17(20)19-10-15(11-19)22-16-12(2)7-6-8-13(16)3/h6-8,14-15H,5,9-11H2,1-4H3,(H,18,20)/t14-/m1/s1. The molecule has 2 amide bonds. The van der Waals surface area contributed by atoms with Crippen LogP contribution in [-0.4, -0.2) is 49.4 Å². The van der Waals surface area contributed by atoms with Crippen molar-refractivity contribution in [1.82, 2.24) is 10.2 Å². The lowest BCUT2D eigenvalue weighted by molar-refractivity contribution is 0.0393. The number of hydrogen-bond acceptors (Lipinski definition) is 3. The van der Waals surface area contributed by atoms with E-state index in [2.05, 4.69) is 5.32 Å². The molecule has 0 saturated carbocycles. The van der Waals surface area contributed by atoms with Crippen LogP contribution in [0.4, 0.5) is 4.79 Å². The molecule has 1 fully saturated rings. The minimum absolute atomic E-state index is 0.0388. The number of carbonyl (C=O) groups excluding carboxylic acids is 1. The minimum Gasteiger partial charge on any atom is -0.486 e. The lowest BCUT2D eigenvalue weighted by atomic mass is 10.1. The molecule has 1 saturated heterocycles. The quantitative estimate of drug-likeness (QED) is 0.878. The maximum absolute atomic E-state index is 12.0. The van der Waals surface area contributed by atoms with Crippen molar-refractivity contribution in [1.29, 1.82) is 0 Å². The number of benzene rings is 1. The summed E-state index contributed by atoms with van der Waals surface area (Å²) in [5, 5.41) is 2.88. The van der Waals surface area contributed by atoms with Crippen molar-refractivity contribution >= 4 is 6.03 Å². The van der Waals surface area contributed by atoms with E-state index in [0.717, 1.165) is 16.9 Å². The zero-order valence-electron chi connectivity index (χ0n) is 13.9. The lowest BCUT2D eigenvalue weighted by Gasteiger charge is -2.39. The highest BCUT2D eigenvalue weighted by molar-refractivity contribution is 5.75. The molecule has 0 aliphatic carbocycles. The molecule has 22 heavy (non-hydrogen) atoms. The van der Waals surface area contributed by atoms with Gasteiger partial charge in [-0.05, 0) is 38.8 Å². The van der Waals surface area contributed by atoms with E-state index in [9.17, 15) is 4.79 Å². The summed E-state index contributed by atoms with van der Waals surface area (Å²) in [7, 11) is 0. The van der Waals surface area contributed by atoms with Crippen LogP contribution in [-0.2, 0) is 4.74 Å². The largest absolute Gasteiger partial charge is 0.486 e. The summed E-state index contributed by atoms with van der Waals surface area (Å²) in [6.45, 7) is 10.4. The first-order chi connectivity index (χ1) is 10.5. The number of likely N-dealkylation sites (tertiary alicyclic amines) is 1. The van der Waals surface area contributed by atoms with Crippen LogP contribution in [0, 0.1) is 13.8 Å². The number of rotatable bonds is 6. The van der Waals surface area contributed by atoms with Gasteiger partial charge < -0.3 is 19.7 Å². The molecule has 1 aromatic rings. The number of aryl methyl sites for hydroxylation is 2. The van der Waals surface area contributed by atoms with Crippen molar-refractivity contribution in [3.8, 4) is 5.75 Å². The van der Waals surface area contributed by atoms with Crippen molar-refractivity contribution in [3.05, 3.63) is 29.3 Å². The molecule has 0 aromatic heterocycles. The Balaban J connectivity index is 1.74. The molecule has 1 atom stereocenters. The molecule has 1 aliphatic rings. The molecule has 5 nitrogen and oxygen atoms in total. The molecule has 1 aliphatic heterocycles. The SMILES string of the molecule is CCO[C@H](C)CNC(=O)N1CC(Oc2c(C)cccc2C)C1. The predicted octanol–water partition coefficient (Wildman–Crippen LogP) is 2.50. The van der Waals surface area contributed by atoms with E-state index < -0.39 is 0 Å². The van der Waals surface area contributed by atoms with Crippen molar-refractivity contribution in [3.63, 3.8) is 0 Å². The summed E-state index contributed by atoms with van der Waals surface area (Å²) in [5.41, 5.74) is 2.27. The fourth-order valence-electron chi connectivity index (χ4n) is 2.52. The monoisotopic (exact) mass is 306 g/mol. The van der Waals surface area contributed by atoms with Crippen LogP contribution in [0.1, 0.15) is 25.0 Å². The average molecular weight is 306 g/mol. The van der Waals surface area contributed by atoms with Gasteiger partial charge in [0.1, 0.15) is 11.9 Å². The molecule has 2 rings (SSSR count). The number of para-hydroxylation sites is 1. The van der Waals surface area contributed by atoms with E-state index in [0.29, 0.717) is 26.2 Å². The van der Waals surface area contributed by atoms with E-state index in [4.69, 9.17) is 9.47 Å². The zero-order valence-corrected chi connectivity index (χ0v) is 13.9. The molecular formula is C17H26N2O3. The first kappa shape index (κ1) is 16.6. The zero-order chi connectivity index (χ0) is 16.1. The molecule has 1 aromatic carbocycles. The van der Waals surface area contributed by atoms with Crippen molar-refractivity contribution < 1.29 is 14.3 Å². The maximum atomic E-state index is 12.0. The van der Waals surface area contributed by atoms with Crippen LogP contribution in [0.25, 0.3) is 0 Å². The van der Waals surface area contributed by atoms with Gasteiger partial charge in [0.15, 0.2) is 0 Å². The number of ether oxygens (including phenoxy) is 2. The molecule has 1 N–H and O–H groups in total. The van der Waals surface area contributed by atoms with Gasteiger partial charge in [0.2, 0.25) is 0 Å². The Hall–Kier alpha value is -1.75. The summed E-state index contributed by atoms with van der Waals surface area (Å²) < 4.78 is 11.4. The van der Waals surface area contributed by atoms with Crippen molar-refractivity contribution in [2.24, 2.45) is 0 Å². The Morgan fingerprint density at radius 1 is 1.36 bits per heavy atom. The number of hydrogen-bond donors (Lipinski definition) is 1. The second kappa shape index (κ2) is 7.49. The third-order valence-corrected chi connectivity index (χ3v) is 3.82. The Labute approximate surface area is 132 Å². The first-order valence-corrected chi connectivity index (χ1v) is 7.88. The van der Waals surface area contributed by atoms with E-state index in [1.165, 1.54) is 0 Å². The van der Waals surface area contributed by atoms with Crippen LogP contribution < -0.4 is 10.1 Å². The van der Waals surface area contributed by atoms with Gasteiger partial charge >= 0.3 is 6.03 Å². The fourth-order valence-corrected chi connectivity index (χ4v) is 2.52. The molecule has 0 unspecified atom stereocenters. The Bertz CT molecular complexity index is 492. The summed E-state index contributed by atoms with van der Waals surface area (Å²) in [6.07, 6.45) is 0.117. The van der Waals surface area contributed by atoms with Gasteiger partial charge in [0.25, 0.3) is 0 Å². The van der Waals surface area contributed by atoms with Gasteiger partial charge in [-0.1, -0.05) is 18.2 Å². The van der Waals surface area contributed by atoms with E-state index in [1.54, 1.807) is 4.90 Å². The number of carbonyl (C=O) groups is 1. The molecule has 5 heteroatoms. The Morgan fingerprint density at radius 2 is 2.00 bits per heavy atom. The molecule has 122 valence electrons. The normalized spacial score (nSPS) is 16.1. The van der Waals surface area contributed by atoms with Gasteiger partial charge in [-0.3, -0.25) is 0 Å². The Kier molecular flexibility index (Phi) is 5.66. The van der Waals surface area contributed by atoms with Crippen LogP contribution in [0.15, 0.2) is 18.2 Å². The van der Waals surface area contributed by atoms with Gasteiger partial charge in [-0.25, -0.2) is 4.79 Å². The highest BCUT2D eigenvalue weighted by Gasteiger charge is 2.32. The summed E-state index contributed by atoms with van der Waals surface area (Å²) >= 11 is 0. The van der Waals surface area contributed by atoms with Crippen LogP contribution in [0.3, 0.4) is 0 Å². The van der Waals surface area contributed by atoms with Crippen LogP contribution in [0.5, 0.6) is 5.75 Å². The van der Waals surface area contributed by atoms with Gasteiger partial charge in [0, 0.05) is 13.2 Å². The third kappa shape index (κ3) is 4.13.